The van der Waals surface area contributed by atoms with E-state index in [2.05, 4.69) is 42.2 Å². The van der Waals surface area contributed by atoms with Crippen LogP contribution in [0.25, 0.3) is 0 Å². The van der Waals surface area contributed by atoms with Crippen LogP contribution >= 0.6 is 0 Å². The molecule has 0 aliphatic heterocycles. The highest BCUT2D eigenvalue weighted by Crippen LogP contribution is 2.13. The molecule has 1 unspecified atom stereocenters. The Hall–Kier alpha value is -1.61. The SMILES string of the molecule is CCn1ccc(CNC(C)c2ccc(F)cc2)c1. The molecule has 0 amide bonds. The van der Waals surface area contributed by atoms with Crippen molar-refractivity contribution in [3.63, 3.8) is 0 Å². The maximum atomic E-state index is 12.8. The number of halogens is 1. The number of benzene rings is 1. The molecule has 3 heteroatoms. The van der Waals surface area contributed by atoms with Crippen molar-refractivity contribution in [3.05, 3.63) is 59.7 Å². The number of nitrogens with zero attached hydrogens (tertiary/aromatic N) is 1. The summed E-state index contributed by atoms with van der Waals surface area (Å²) >= 11 is 0. The van der Waals surface area contributed by atoms with E-state index in [9.17, 15) is 4.39 Å². The molecule has 0 saturated carbocycles. The van der Waals surface area contributed by atoms with Gasteiger partial charge in [0.05, 0.1) is 0 Å². The molecular weight excluding hydrogens is 227 g/mol. The number of aromatic nitrogens is 1. The highest BCUT2D eigenvalue weighted by molar-refractivity contribution is 5.19. The molecule has 0 spiro atoms. The summed E-state index contributed by atoms with van der Waals surface area (Å²) in [6.07, 6.45) is 4.23. The monoisotopic (exact) mass is 246 g/mol. The van der Waals surface area contributed by atoms with Gasteiger partial charge in [-0.05, 0) is 43.2 Å². The van der Waals surface area contributed by atoms with Crippen molar-refractivity contribution in [1.82, 2.24) is 9.88 Å². The summed E-state index contributed by atoms with van der Waals surface area (Å²) < 4.78 is 15.0. The third kappa shape index (κ3) is 3.20. The highest BCUT2D eigenvalue weighted by atomic mass is 19.1. The molecule has 96 valence electrons. The first kappa shape index (κ1) is 12.8. The number of hydrogen-bond acceptors (Lipinski definition) is 1. The third-order valence-corrected chi connectivity index (χ3v) is 3.16. The summed E-state index contributed by atoms with van der Waals surface area (Å²) in [6.45, 7) is 6.03. The van der Waals surface area contributed by atoms with Gasteiger partial charge in [0.2, 0.25) is 0 Å². The molecule has 0 radical (unpaired) electrons. The molecule has 1 heterocycles. The summed E-state index contributed by atoms with van der Waals surface area (Å²) in [7, 11) is 0. The second kappa shape index (κ2) is 5.83. The molecular formula is C15H19FN2. The number of aryl methyl sites for hydroxylation is 1. The molecule has 18 heavy (non-hydrogen) atoms. The van der Waals surface area contributed by atoms with Gasteiger partial charge in [-0.2, -0.15) is 0 Å². The molecule has 0 bridgehead atoms. The van der Waals surface area contributed by atoms with E-state index in [4.69, 9.17) is 0 Å². The number of nitrogens with one attached hydrogen (secondary N) is 1. The van der Waals surface area contributed by atoms with Crippen molar-refractivity contribution in [1.29, 1.82) is 0 Å². The maximum absolute atomic E-state index is 12.8. The summed E-state index contributed by atoms with van der Waals surface area (Å²) in [5, 5.41) is 3.44. The average Bonchev–Trinajstić information content (AvgIpc) is 2.85. The van der Waals surface area contributed by atoms with Gasteiger partial charge in [-0.1, -0.05) is 12.1 Å². The Labute approximate surface area is 107 Å². The average molecular weight is 246 g/mol. The first-order valence-electron chi connectivity index (χ1n) is 6.32. The van der Waals surface area contributed by atoms with Gasteiger partial charge in [-0.3, -0.25) is 0 Å². The summed E-state index contributed by atoms with van der Waals surface area (Å²) in [5.41, 5.74) is 2.37. The Bertz CT molecular complexity index is 487. The van der Waals surface area contributed by atoms with Gasteiger partial charge >= 0.3 is 0 Å². The fraction of sp³-hybridized carbons (Fsp3) is 0.333. The van der Waals surface area contributed by atoms with Crippen LogP contribution in [-0.2, 0) is 13.1 Å². The van der Waals surface area contributed by atoms with Gasteiger partial charge in [0, 0.05) is 31.5 Å². The fourth-order valence-corrected chi connectivity index (χ4v) is 1.93. The van der Waals surface area contributed by atoms with Crippen LogP contribution in [0.5, 0.6) is 0 Å². The van der Waals surface area contributed by atoms with Crippen LogP contribution < -0.4 is 5.32 Å². The van der Waals surface area contributed by atoms with Crippen LogP contribution in [-0.4, -0.2) is 4.57 Å². The second-order valence-electron chi connectivity index (χ2n) is 4.50. The Balaban J connectivity index is 1.91. The predicted octanol–water partition coefficient (Wildman–Crippen LogP) is 3.50. The smallest absolute Gasteiger partial charge is 0.123 e. The summed E-state index contributed by atoms with van der Waals surface area (Å²) in [6, 6.07) is 8.99. The van der Waals surface area contributed by atoms with Gasteiger partial charge in [-0.15, -0.1) is 0 Å². The third-order valence-electron chi connectivity index (χ3n) is 3.16. The van der Waals surface area contributed by atoms with Crippen LogP contribution in [0, 0.1) is 5.82 Å². The van der Waals surface area contributed by atoms with E-state index >= 15 is 0 Å². The molecule has 2 nitrogen and oxygen atoms in total. The van der Waals surface area contributed by atoms with Gasteiger partial charge in [0.1, 0.15) is 5.82 Å². The molecule has 0 saturated heterocycles. The zero-order valence-electron chi connectivity index (χ0n) is 10.9. The highest BCUT2D eigenvalue weighted by Gasteiger charge is 2.05. The van der Waals surface area contributed by atoms with E-state index in [1.807, 2.05) is 12.1 Å². The standard InChI is InChI=1S/C15H19FN2/c1-3-18-9-8-13(11-18)10-17-12(2)14-4-6-15(16)7-5-14/h4-9,11-12,17H,3,10H2,1-2H3. The minimum atomic E-state index is -0.189. The minimum absolute atomic E-state index is 0.189. The quantitative estimate of drug-likeness (QED) is 0.854. The van der Waals surface area contributed by atoms with E-state index in [1.165, 1.54) is 17.7 Å². The molecule has 1 aromatic heterocycles. The number of rotatable bonds is 5. The van der Waals surface area contributed by atoms with Crippen molar-refractivity contribution in [2.75, 3.05) is 0 Å². The molecule has 1 atom stereocenters. The zero-order valence-corrected chi connectivity index (χ0v) is 10.9. The molecule has 1 N–H and O–H groups in total. The molecule has 0 aliphatic carbocycles. The zero-order chi connectivity index (χ0) is 13.0. The van der Waals surface area contributed by atoms with Gasteiger partial charge in [-0.25, -0.2) is 4.39 Å². The lowest BCUT2D eigenvalue weighted by Gasteiger charge is -2.13. The first-order valence-corrected chi connectivity index (χ1v) is 6.32. The largest absolute Gasteiger partial charge is 0.354 e. The van der Waals surface area contributed by atoms with Crippen molar-refractivity contribution in [3.8, 4) is 0 Å². The summed E-state index contributed by atoms with van der Waals surface area (Å²) in [4.78, 5) is 0. The fourth-order valence-electron chi connectivity index (χ4n) is 1.93. The Kier molecular flexibility index (Phi) is 4.15. The van der Waals surface area contributed by atoms with Crippen LogP contribution in [0.3, 0.4) is 0 Å². The van der Waals surface area contributed by atoms with E-state index < -0.39 is 0 Å². The topological polar surface area (TPSA) is 17.0 Å². The van der Waals surface area contributed by atoms with E-state index in [-0.39, 0.29) is 11.9 Å². The minimum Gasteiger partial charge on any atom is -0.354 e. The van der Waals surface area contributed by atoms with E-state index in [0.717, 1.165) is 18.7 Å². The summed E-state index contributed by atoms with van der Waals surface area (Å²) in [5.74, 6) is -0.189. The van der Waals surface area contributed by atoms with Crippen LogP contribution in [0.2, 0.25) is 0 Å². The Morgan fingerprint density at radius 1 is 1.22 bits per heavy atom. The molecule has 0 aliphatic rings. The molecule has 1 aromatic carbocycles. The van der Waals surface area contributed by atoms with Crippen LogP contribution in [0.1, 0.15) is 31.0 Å². The normalized spacial score (nSPS) is 12.6. The van der Waals surface area contributed by atoms with Gasteiger partial charge in [0.15, 0.2) is 0 Å². The van der Waals surface area contributed by atoms with Crippen LogP contribution in [0.15, 0.2) is 42.7 Å². The Morgan fingerprint density at radius 3 is 2.56 bits per heavy atom. The molecule has 2 rings (SSSR count). The lowest BCUT2D eigenvalue weighted by Crippen LogP contribution is -2.17. The second-order valence-corrected chi connectivity index (χ2v) is 4.50. The first-order chi connectivity index (χ1) is 8.69. The predicted molar refractivity (Wildman–Crippen MR) is 71.8 cm³/mol. The van der Waals surface area contributed by atoms with Crippen LogP contribution in [0.4, 0.5) is 4.39 Å². The molecule has 0 fully saturated rings. The van der Waals surface area contributed by atoms with Gasteiger partial charge < -0.3 is 9.88 Å². The lowest BCUT2D eigenvalue weighted by atomic mass is 10.1. The lowest BCUT2D eigenvalue weighted by molar-refractivity contribution is 0.570. The van der Waals surface area contributed by atoms with Crippen molar-refractivity contribution in [2.45, 2.75) is 33.0 Å². The number of hydrogen-bond donors (Lipinski definition) is 1. The van der Waals surface area contributed by atoms with Crippen molar-refractivity contribution in [2.24, 2.45) is 0 Å². The van der Waals surface area contributed by atoms with Gasteiger partial charge in [0.25, 0.3) is 0 Å². The molecule has 2 aromatic rings. The van der Waals surface area contributed by atoms with E-state index in [1.54, 1.807) is 0 Å². The van der Waals surface area contributed by atoms with E-state index in [0.29, 0.717) is 0 Å². The van der Waals surface area contributed by atoms with Crippen molar-refractivity contribution >= 4 is 0 Å². The Morgan fingerprint density at radius 2 is 1.94 bits per heavy atom. The maximum Gasteiger partial charge on any atom is 0.123 e. The van der Waals surface area contributed by atoms with Crippen molar-refractivity contribution < 1.29 is 4.39 Å².